The molecule has 2 fully saturated rings. The fraction of sp³-hybridized carbons (Fsp3) is 0.419. The maximum absolute atomic E-state index is 13.9. The number of alkyl halides is 3. The molecule has 1 amide bonds. The number of aliphatic hydroxyl groups is 1. The van der Waals surface area contributed by atoms with E-state index < -0.39 is 57.8 Å². The predicted molar refractivity (Wildman–Crippen MR) is 171 cm³/mol. The van der Waals surface area contributed by atoms with Crippen LogP contribution in [0.25, 0.3) is 22.3 Å². The predicted octanol–water partition coefficient (Wildman–Crippen LogP) is 3.02. The Labute approximate surface area is 288 Å². The summed E-state index contributed by atoms with van der Waals surface area (Å²) in [6, 6.07) is 5.20. The number of benzene rings is 1. The number of aromatic nitrogens is 5. The number of ether oxygens (including phenoxy) is 2. The molecule has 1 aromatic carbocycles. The second-order valence-electron chi connectivity index (χ2n) is 12.2. The molecular weight excluding hydrogens is 701 g/mol. The number of aliphatic hydroxyl groups excluding tert-OH is 1. The molecule has 20 heteroatoms. The number of carbonyl (C=O) groups is 2. The second kappa shape index (κ2) is 13.2. The summed E-state index contributed by atoms with van der Waals surface area (Å²) in [4.78, 5) is 34.9. The summed E-state index contributed by atoms with van der Waals surface area (Å²) < 4.78 is 81.1. The zero-order valence-electron chi connectivity index (χ0n) is 27.1. The topological polar surface area (TPSA) is 206 Å². The maximum Gasteiger partial charge on any atom is 0.416 e. The van der Waals surface area contributed by atoms with E-state index in [1.807, 2.05) is 0 Å². The molecule has 0 unspecified atom stereocenters. The van der Waals surface area contributed by atoms with Gasteiger partial charge in [-0.25, -0.2) is 28.0 Å². The molecule has 270 valence electrons. The SMILES string of the molecule is CCS(=O)(=O)N1CC(CC#N)(n2cc(-c3ncnc4c3ccn4C(=O)N(C)c3cc(C(F)(F)F)ccc3O[C@H]3C[C@@H](O)C[C@@H](C(=O)O)O3)cn2)C1. The number of carboxylic acid groups (broad SMARTS) is 1. The van der Waals surface area contributed by atoms with Gasteiger partial charge in [-0.3, -0.25) is 14.1 Å². The highest BCUT2D eigenvalue weighted by Crippen LogP contribution is 2.39. The molecule has 6 rings (SSSR count). The normalized spacial score (nSPS) is 20.8. The number of rotatable bonds is 9. The minimum Gasteiger partial charge on any atom is -0.479 e. The Morgan fingerprint density at radius 3 is 2.63 bits per heavy atom. The number of carboxylic acids is 1. The molecule has 0 radical (unpaired) electrons. The summed E-state index contributed by atoms with van der Waals surface area (Å²) >= 11 is 0. The molecule has 5 heterocycles. The summed E-state index contributed by atoms with van der Waals surface area (Å²) in [5.41, 5.74) is -1.41. The Bertz CT molecular complexity index is 2140. The van der Waals surface area contributed by atoms with E-state index in [1.165, 1.54) is 47.7 Å². The molecule has 2 N–H and O–H groups in total. The maximum atomic E-state index is 13.9. The van der Waals surface area contributed by atoms with Crippen LogP contribution in [-0.2, 0) is 31.3 Å². The number of fused-ring (bicyclic) bond motifs is 1. The Kier molecular flexibility index (Phi) is 9.26. The van der Waals surface area contributed by atoms with Gasteiger partial charge in [-0.1, -0.05) is 0 Å². The van der Waals surface area contributed by atoms with Crippen molar-refractivity contribution in [3.63, 3.8) is 0 Å². The number of amides is 1. The van der Waals surface area contributed by atoms with Crippen molar-refractivity contribution in [2.24, 2.45) is 0 Å². The summed E-state index contributed by atoms with van der Waals surface area (Å²) in [5.74, 6) is -1.68. The zero-order chi connectivity index (χ0) is 36.9. The lowest BCUT2D eigenvalue weighted by Gasteiger charge is -2.47. The van der Waals surface area contributed by atoms with Gasteiger partial charge in [-0.05, 0) is 31.2 Å². The number of halogens is 3. The van der Waals surface area contributed by atoms with Crippen LogP contribution in [0.1, 0.15) is 31.7 Å². The molecule has 2 aliphatic heterocycles. The molecular formula is C31H31F3N8O8S. The van der Waals surface area contributed by atoms with E-state index in [0.29, 0.717) is 22.7 Å². The molecule has 0 aliphatic carbocycles. The van der Waals surface area contributed by atoms with Gasteiger partial charge in [0.2, 0.25) is 16.3 Å². The van der Waals surface area contributed by atoms with Crippen LogP contribution in [0.15, 0.2) is 49.2 Å². The van der Waals surface area contributed by atoms with Crippen LogP contribution < -0.4 is 9.64 Å². The standard InChI is InChI=1S/C31H31F3N8O8S/c1-3-51(47,48)40-15-30(16-40,7-8-35)42-14-18(13-38-42)26-21-6-9-41(27(21)37-17-36-26)29(46)39(2)22-10-19(31(32,33)34)4-5-23(22)49-25-12-20(43)11-24(50-25)28(44)45/h4-6,9-10,13-14,17,20,24-25,43H,3,7,11-12,15-16H2,1-2H3,(H,44,45)/t20-,24-,25+/m0/s1. The van der Waals surface area contributed by atoms with Gasteiger partial charge in [-0.15, -0.1) is 0 Å². The molecule has 51 heavy (non-hydrogen) atoms. The summed E-state index contributed by atoms with van der Waals surface area (Å²) in [5, 5.41) is 33.8. The van der Waals surface area contributed by atoms with Crippen molar-refractivity contribution >= 4 is 38.7 Å². The smallest absolute Gasteiger partial charge is 0.416 e. The van der Waals surface area contributed by atoms with Crippen LogP contribution >= 0.6 is 0 Å². The third-order valence-corrected chi connectivity index (χ3v) is 10.6. The Morgan fingerprint density at radius 2 is 1.96 bits per heavy atom. The molecule has 2 saturated heterocycles. The molecule has 3 aromatic heterocycles. The number of anilines is 1. The average Bonchev–Trinajstić information content (AvgIpc) is 3.73. The lowest BCUT2D eigenvalue weighted by molar-refractivity contribution is -0.195. The fourth-order valence-electron chi connectivity index (χ4n) is 6.07. The van der Waals surface area contributed by atoms with E-state index in [-0.39, 0.29) is 55.2 Å². The highest BCUT2D eigenvalue weighted by molar-refractivity contribution is 7.89. The number of hydrogen-bond donors (Lipinski definition) is 2. The van der Waals surface area contributed by atoms with Crippen molar-refractivity contribution in [1.29, 1.82) is 5.26 Å². The molecule has 4 aromatic rings. The number of hydrogen-bond acceptors (Lipinski definition) is 11. The second-order valence-corrected chi connectivity index (χ2v) is 14.5. The van der Waals surface area contributed by atoms with Crippen LogP contribution in [0.4, 0.5) is 23.7 Å². The van der Waals surface area contributed by atoms with Gasteiger partial charge in [-0.2, -0.15) is 27.8 Å². The van der Waals surface area contributed by atoms with Gasteiger partial charge < -0.3 is 19.7 Å². The minimum atomic E-state index is -4.79. The number of carbonyl (C=O) groups excluding carboxylic acids is 1. The first-order chi connectivity index (χ1) is 24.1. The molecule has 0 bridgehead atoms. The van der Waals surface area contributed by atoms with Crippen LogP contribution in [0.5, 0.6) is 5.75 Å². The number of sulfonamides is 1. The van der Waals surface area contributed by atoms with Gasteiger partial charge in [0.15, 0.2) is 11.8 Å². The van der Waals surface area contributed by atoms with Crippen LogP contribution in [-0.4, -0.2) is 104 Å². The van der Waals surface area contributed by atoms with Crippen molar-refractivity contribution in [3.8, 4) is 23.1 Å². The Morgan fingerprint density at radius 1 is 1.22 bits per heavy atom. The quantitative estimate of drug-likeness (QED) is 0.255. The van der Waals surface area contributed by atoms with Crippen molar-refractivity contribution in [3.05, 3.63) is 54.7 Å². The van der Waals surface area contributed by atoms with Gasteiger partial charge >= 0.3 is 18.2 Å². The van der Waals surface area contributed by atoms with E-state index in [4.69, 9.17) is 9.47 Å². The van der Waals surface area contributed by atoms with E-state index in [2.05, 4.69) is 21.1 Å². The number of nitriles is 1. The molecule has 2 aliphatic rings. The Balaban J connectivity index is 1.31. The highest BCUT2D eigenvalue weighted by atomic mass is 32.2. The van der Waals surface area contributed by atoms with Crippen LogP contribution in [0, 0.1) is 11.3 Å². The third kappa shape index (κ3) is 6.72. The van der Waals surface area contributed by atoms with Gasteiger partial charge in [0.05, 0.1) is 47.5 Å². The molecule has 16 nitrogen and oxygen atoms in total. The zero-order valence-corrected chi connectivity index (χ0v) is 27.9. The molecule has 3 atom stereocenters. The van der Waals surface area contributed by atoms with Crippen LogP contribution in [0.3, 0.4) is 0 Å². The largest absolute Gasteiger partial charge is 0.479 e. The monoisotopic (exact) mass is 732 g/mol. The molecule has 0 spiro atoms. The van der Waals surface area contributed by atoms with Gasteiger partial charge in [0.25, 0.3) is 0 Å². The number of aliphatic carboxylic acids is 1. The fourth-order valence-corrected chi connectivity index (χ4v) is 7.31. The minimum absolute atomic E-state index is 0.00487. The first kappa shape index (κ1) is 35.7. The average molecular weight is 733 g/mol. The first-order valence-corrected chi connectivity index (χ1v) is 17.1. The molecule has 0 saturated carbocycles. The summed E-state index contributed by atoms with van der Waals surface area (Å²) in [6.45, 7) is 1.65. The first-order valence-electron chi connectivity index (χ1n) is 15.5. The van der Waals surface area contributed by atoms with Gasteiger partial charge in [0.1, 0.15) is 17.6 Å². The van der Waals surface area contributed by atoms with Crippen molar-refractivity contribution in [1.82, 2.24) is 28.6 Å². The highest BCUT2D eigenvalue weighted by Gasteiger charge is 2.50. The summed E-state index contributed by atoms with van der Waals surface area (Å²) in [7, 11) is -2.25. The van der Waals surface area contributed by atoms with E-state index in [0.717, 1.165) is 21.6 Å². The van der Waals surface area contributed by atoms with E-state index >= 15 is 0 Å². The number of nitrogens with zero attached hydrogens (tertiary/aromatic N) is 8. The lowest BCUT2D eigenvalue weighted by Crippen LogP contribution is -2.64. The summed E-state index contributed by atoms with van der Waals surface area (Å²) in [6.07, 6.45) is -3.41. The van der Waals surface area contributed by atoms with Crippen molar-refractivity contribution in [2.45, 2.75) is 56.4 Å². The third-order valence-electron chi connectivity index (χ3n) is 8.87. The van der Waals surface area contributed by atoms with Crippen LogP contribution in [0.2, 0.25) is 0 Å². The lowest BCUT2D eigenvalue weighted by atomic mass is 9.89. The Hall–Kier alpha value is -5.10. The van der Waals surface area contributed by atoms with E-state index in [9.17, 15) is 46.7 Å². The van der Waals surface area contributed by atoms with Gasteiger partial charge in [0, 0.05) is 56.3 Å². The van der Waals surface area contributed by atoms with Crippen molar-refractivity contribution < 1.29 is 50.9 Å². The van der Waals surface area contributed by atoms with E-state index in [1.54, 1.807) is 6.20 Å². The van der Waals surface area contributed by atoms with Crippen molar-refractivity contribution in [2.75, 3.05) is 30.8 Å².